The van der Waals surface area contributed by atoms with E-state index >= 15 is 0 Å². The number of aliphatic hydroxyl groups excluding tert-OH is 1. The van der Waals surface area contributed by atoms with Gasteiger partial charge < -0.3 is 24.6 Å². The SMILES string of the molecule is Br.CC[N+](C)(CC)CCO.O=C([O-])C(O)(c1ccccc1)c1ccccc1. The molecule has 2 rings (SSSR count). The van der Waals surface area contributed by atoms with Crippen LogP contribution in [-0.2, 0) is 10.4 Å². The Morgan fingerprint density at radius 1 is 0.963 bits per heavy atom. The molecular formula is C21H30BrNO4. The van der Waals surface area contributed by atoms with E-state index in [-0.39, 0.29) is 28.1 Å². The van der Waals surface area contributed by atoms with Gasteiger partial charge in [-0.25, -0.2) is 0 Å². The lowest BCUT2D eigenvalue weighted by Gasteiger charge is -2.31. The van der Waals surface area contributed by atoms with Gasteiger partial charge in [0.05, 0.1) is 32.7 Å². The summed E-state index contributed by atoms with van der Waals surface area (Å²) in [5.74, 6) is -1.53. The largest absolute Gasteiger partial charge is 0.546 e. The van der Waals surface area contributed by atoms with Crippen molar-refractivity contribution in [1.82, 2.24) is 0 Å². The topological polar surface area (TPSA) is 80.6 Å². The molecule has 0 aromatic heterocycles. The number of carbonyl (C=O) groups is 1. The van der Waals surface area contributed by atoms with Crippen molar-refractivity contribution in [3.63, 3.8) is 0 Å². The Bertz CT molecular complexity index is 621. The molecule has 0 aliphatic carbocycles. The van der Waals surface area contributed by atoms with Gasteiger partial charge in [0.2, 0.25) is 0 Å². The van der Waals surface area contributed by atoms with Crippen molar-refractivity contribution in [2.45, 2.75) is 19.4 Å². The summed E-state index contributed by atoms with van der Waals surface area (Å²) in [5.41, 5.74) is -1.54. The molecule has 0 fully saturated rings. The lowest BCUT2D eigenvalue weighted by molar-refractivity contribution is -0.906. The molecular weight excluding hydrogens is 410 g/mol. The van der Waals surface area contributed by atoms with E-state index in [1.165, 1.54) is 0 Å². The van der Waals surface area contributed by atoms with Crippen LogP contribution in [0.2, 0.25) is 0 Å². The zero-order valence-electron chi connectivity index (χ0n) is 16.2. The molecule has 0 aliphatic rings. The van der Waals surface area contributed by atoms with Crippen LogP contribution in [0.15, 0.2) is 60.7 Å². The number of likely N-dealkylation sites (N-methyl/N-ethyl adjacent to an activating group) is 1. The molecule has 0 saturated heterocycles. The summed E-state index contributed by atoms with van der Waals surface area (Å²) >= 11 is 0. The molecule has 2 aromatic carbocycles. The first-order chi connectivity index (χ1) is 12.3. The van der Waals surface area contributed by atoms with E-state index in [0.717, 1.165) is 24.1 Å². The van der Waals surface area contributed by atoms with E-state index in [1.807, 2.05) is 0 Å². The van der Waals surface area contributed by atoms with Crippen molar-refractivity contribution in [2.24, 2.45) is 0 Å². The fourth-order valence-corrected chi connectivity index (χ4v) is 2.54. The Kier molecular flexibility index (Phi) is 11.1. The number of benzene rings is 2. The number of halogens is 1. The van der Waals surface area contributed by atoms with Gasteiger partial charge in [0, 0.05) is 0 Å². The predicted molar refractivity (Wildman–Crippen MR) is 110 cm³/mol. The van der Waals surface area contributed by atoms with Gasteiger partial charge in [-0.05, 0) is 25.0 Å². The number of aliphatic carboxylic acids is 1. The quantitative estimate of drug-likeness (QED) is 0.643. The Morgan fingerprint density at radius 3 is 1.56 bits per heavy atom. The fraction of sp³-hybridized carbons (Fsp3) is 0.381. The number of aliphatic hydroxyl groups is 2. The van der Waals surface area contributed by atoms with E-state index in [1.54, 1.807) is 60.7 Å². The minimum atomic E-state index is -2.11. The highest BCUT2D eigenvalue weighted by atomic mass is 79.9. The summed E-state index contributed by atoms with van der Waals surface area (Å²) < 4.78 is 0.983. The van der Waals surface area contributed by atoms with Gasteiger partial charge in [-0.1, -0.05) is 60.7 Å². The molecule has 0 bridgehead atoms. The summed E-state index contributed by atoms with van der Waals surface area (Å²) in [7, 11) is 2.16. The Labute approximate surface area is 172 Å². The highest BCUT2D eigenvalue weighted by Gasteiger charge is 2.32. The van der Waals surface area contributed by atoms with E-state index in [0.29, 0.717) is 6.61 Å². The average Bonchev–Trinajstić information content (AvgIpc) is 2.69. The lowest BCUT2D eigenvalue weighted by atomic mass is 9.86. The molecule has 5 nitrogen and oxygen atoms in total. The molecule has 6 heteroatoms. The second-order valence-electron chi connectivity index (χ2n) is 6.43. The summed E-state index contributed by atoms with van der Waals surface area (Å²) in [5, 5.41) is 30.3. The van der Waals surface area contributed by atoms with Gasteiger partial charge in [0.1, 0.15) is 6.54 Å². The van der Waals surface area contributed by atoms with Crippen molar-refractivity contribution in [3.05, 3.63) is 71.8 Å². The number of carboxylic acids is 1. The number of hydrogen-bond acceptors (Lipinski definition) is 4. The van der Waals surface area contributed by atoms with Gasteiger partial charge in [0.25, 0.3) is 0 Å². The second kappa shape index (κ2) is 11.9. The van der Waals surface area contributed by atoms with Gasteiger partial charge in [-0.2, -0.15) is 0 Å². The highest BCUT2D eigenvalue weighted by molar-refractivity contribution is 8.93. The van der Waals surface area contributed by atoms with Gasteiger partial charge >= 0.3 is 0 Å². The molecule has 0 amide bonds. The van der Waals surface area contributed by atoms with Crippen molar-refractivity contribution in [1.29, 1.82) is 0 Å². The van der Waals surface area contributed by atoms with Crippen LogP contribution >= 0.6 is 17.0 Å². The molecule has 2 aromatic rings. The van der Waals surface area contributed by atoms with Crippen LogP contribution in [0.4, 0.5) is 0 Å². The van der Waals surface area contributed by atoms with E-state index in [4.69, 9.17) is 5.11 Å². The van der Waals surface area contributed by atoms with Crippen LogP contribution in [0.3, 0.4) is 0 Å². The zero-order valence-corrected chi connectivity index (χ0v) is 17.9. The van der Waals surface area contributed by atoms with E-state index < -0.39 is 11.6 Å². The Hall–Kier alpha value is -1.73. The molecule has 0 spiro atoms. The predicted octanol–water partition coefficient (Wildman–Crippen LogP) is 1.72. The number of hydrogen-bond donors (Lipinski definition) is 2. The first kappa shape index (κ1) is 25.3. The Morgan fingerprint density at radius 2 is 1.33 bits per heavy atom. The number of carboxylic acid groups (broad SMARTS) is 1. The van der Waals surface area contributed by atoms with Crippen molar-refractivity contribution in [3.8, 4) is 0 Å². The first-order valence-corrected chi connectivity index (χ1v) is 8.83. The normalized spacial score (nSPS) is 11.0. The number of rotatable bonds is 7. The molecule has 2 N–H and O–H groups in total. The van der Waals surface area contributed by atoms with Crippen LogP contribution < -0.4 is 5.11 Å². The van der Waals surface area contributed by atoms with Crippen LogP contribution in [0.1, 0.15) is 25.0 Å². The maximum Gasteiger partial charge on any atom is 0.154 e. The van der Waals surface area contributed by atoms with Crippen LogP contribution in [0.5, 0.6) is 0 Å². The molecule has 0 aliphatic heterocycles. The number of quaternary nitrogens is 1. The second-order valence-corrected chi connectivity index (χ2v) is 6.43. The van der Waals surface area contributed by atoms with Gasteiger partial charge in [0.15, 0.2) is 5.60 Å². The maximum absolute atomic E-state index is 11.3. The van der Waals surface area contributed by atoms with Crippen LogP contribution in [0.25, 0.3) is 0 Å². The van der Waals surface area contributed by atoms with Crippen LogP contribution in [-0.4, -0.2) is 54.0 Å². The summed E-state index contributed by atoms with van der Waals surface area (Å²) in [6.45, 7) is 7.71. The summed E-state index contributed by atoms with van der Waals surface area (Å²) in [6.07, 6.45) is 0. The van der Waals surface area contributed by atoms with Crippen LogP contribution in [0, 0.1) is 0 Å². The standard InChI is InChI=1S/C14H12O3.C7H18NO.BrH/c15-13(16)14(17,11-7-3-1-4-8-11)12-9-5-2-6-10-12;1-4-8(3,5-2)6-7-9;/h1-10,17H,(H,15,16);9H,4-7H2,1-3H3;1H/q;+1;/p-1. The monoisotopic (exact) mass is 439 g/mol. The summed E-state index contributed by atoms with van der Waals surface area (Å²) in [4.78, 5) is 11.3. The molecule has 0 unspecified atom stereocenters. The minimum absolute atomic E-state index is 0. The van der Waals surface area contributed by atoms with Crippen molar-refractivity contribution in [2.75, 3.05) is 33.3 Å². The van der Waals surface area contributed by atoms with Crippen molar-refractivity contribution >= 4 is 23.0 Å². The average molecular weight is 440 g/mol. The van der Waals surface area contributed by atoms with E-state index in [2.05, 4.69) is 20.9 Å². The van der Waals surface area contributed by atoms with E-state index in [9.17, 15) is 15.0 Å². The summed E-state index contributed by atoms with van der Waals surface area (Å²) in [6, 6.07) is 16.4. The molecule has 0 atom stereocenters. The number of nitrogens with zero attached hydrogens (tertiary/aromatic N) is 1. The third-order valence-electron chi connectivity index (χ3n) is 4.85. The molecule has 0 radical (unpaired) electrons. The highest BCUT2D eigenvalue weighted by Crippen LogP contribution is 2.28. The van der Waals surface area contributed by atoms with Gasteiger partial charge in [-0.3, -0.25) is 0 Å². The van der Waals surface area contributed by atoms with Gasteiger partial charge in [-0.15, -0.1) is 17.0 Å². The van der Waals surface area contributed by atoms with Crippen molar-refractivity contribution < 1.29 is 24.6 Å². The first-order valence-electron chi connectivity index (χ1n) is 8.83. The molecule has 0 heterocycles. The maximum atomic E-state index is 11.3. The Balaban J connectivity index is 0.000000584. The smallest absolute Gasteiger partial charge is 0.154 e. The molecule has 150 valence electrons. The number of carbonyl (C=O) groups excluding carboxylic acids is 1. The third-order valence-corrected chi connectivity index (χ3v) is 4.85. The molecule has 27 heavy (non-hydrogen) atoms. The third kappa shape index (κ3) is 6.74. The molecule has 0 saturated carbocycles. The lowest BCUT2D eigenvalue weighted by Crippen LogP contribution is -2.46. The minimum Gasteiger partial charge on any atom is -0.546 e. The zero-order chi connectivity index (χ0) is 19.6. The fourth-order valence-electron chi connectivity index (χ4n) is 2.54.